The molecule has 1 nitrogen and oxygen atoms in total. The summed E-state index contributed by atoms with van der Waals surface area (Å²) in [6, 6.07) is 11.9. The number of hydrogen-bond acceptors (Lipinski definition) is 1. The van der Waals surface area contributed by atoms with Gasteiger partial charge < -0.3 is 5.32 Å². The second-order valence-electron chi connectivity index (χ2n) is 4.93. The maximum Gasteiger partial charge on any atom is 0.129 e. The van der Waals surface area contributed by atoms with Crippen molar-refractivity contribution in [2.45, 2.75) is 25.8 Å². The molecule has 2 rings (SSSR count). The number of hydrogen-bond donors (Lipinski definition) is 1. The standard InChI is InChI=1S/C17H18F2IN/c1-2-10-21-17(12-6-3-4-9-16(12)20)11-13-14(18)7-5-8-15(13)19/h3-9,17,21H,2,10-11H2,1H3. The largest absolute Gasteiger partial charge is 0.310 e. The van der Waals surface area contributed by atoms with Gasteiger partial charge in [0.2, 0.25) is 0 Å². The molecule has 0 aromatic heterocycles. The Labute approximate surface area is 137 Å². The van der Waals surface area contributed by atoms with Crippen LogP contribution in [0.2, 0.25) is 0 Å². The number of nitrogens with one attached hydrogen (secondary N) is 1. The molecule has 0 amide bonds. The van der Waals surface area contributed by atoms with E-state index in [1.807, 2.05) is 24.3 Å². The topological polar surface area (TPSA) is 12.0 Å². The quantitative estimate of drug-likeness (QED) is 0.683. The summed E-state index contributed by atoms with van der Waals surface area (Å²) in [7, 11) is 0. The van der Waals surface area contributed by atoms with Gasteiger partial charge in [-0.15, -0.1) is 0 Å². The average Bonchev–Trinajstić information content (AvgIpc) is 2.47. The van der Waals surface area contributed by atoms with Crippen molar-refractivity contribution < 1.29 is 8.78 Å². The molecule has 21 heavy (non-hydrogen) atoms. The van der Waals surface area contributed by atoms with Crippen LogP contribution >= 0.6 is 22.6 Å². The summed E-state index contributed by atoms with van der Waals surface area (Å²) in [5, 5.41) is 3.39. The van der Waals surface area contributed by atoms with Crippen LogP contribution in [-0.4, -0.2) is 6.54 Å². The molecule has 0 radical (unpaired) electrons. The predicted molar refractivity (Wildman–Crippen MR) is 90.3 cm³/mol. The van der Waals surface area contributed by atoms with E-state index >= 15 is 0 Å². The van der Waals surface area contributed by atoms with Crippen molar-refractivity contribution in [1.82, 2.24) is 5.32 Å². The fourth-order valence-electron chi connectivity index (χ4n) is 2.30. The first-order valence-corrected chi connectivity index (χ1v) is 8.12. The second-order valence-corrected chi connectivity index (χ2v) is 6.09. The van der Waals surface area contributed by atoms with E-state index in [0.29, 0.717) is 6.42 Å². The molecule has 0 aliphatic rings. The Morgan fingerprint density at radius 2 is 1.71 bits per heavy atom. The summed E-state index contributed by atoms with van der Waals surface area (Å²) >= 11 is 2.26. The Balaban J connectivity index is 2.31. The number of rotatable bonds is 6. The Morgan fingerprint density at radius 1 is 1.05 bits per heavy atom. The van der Waals surface area contributed by atoms with Gasteiger partial charge in [-0.05, 0) is 65.7 Å². The number of halogens is 3. The van der Waals surface area contributed by atoms with Gasteiger partial charge in [-0.2, -0.15) is 0 Å². The van der Waals surface area contributed by atoms with Crippen LogP contribution in [0.5, 0.6) is 0 Å². The van der Waals surface area contributed by atoms with E-state index in [9.17, 15) is 8.78 Å². The molecule has 1 unspecified atom stereocenters. The number of benzene rings is 2. The first kappa shape index (κ1) is 16.4. The third-order valence-electron chi connectivity index (χ3n) is 3.39. The summed E-state index contributed by atoms with van der Waals surface area (Å²) in [5.74, 6) is -0.964. The van der Waals surface area contributed by atoms with Gasteiger partial charge in [-0.3, -0.25) is 0 Å². The van der Waals surface area contributed by atoms with Crippen molar-refractivity contribution in [2.75, 3.05) is 6.54 Å². The van der Waals surface area contributed by atoms with Crippen LogP contribution < -0.4 is 5.32 Å². The van der Waals surface area contributed by atoms with Gasteiger partial charge in [0.05, 0.1) is 0 Å². The molecule has 0 fully saturated rings. The summed E-state index contributed by atoms with van der Waals surface area (Å²) in [5.41, 5.74) is 1.22. The molecule has 0 aliphatic heterocycles. The lowest BCUT2D eigenvalue weighted by Crippen LogP contribution is -2.25. The van der Waals surface area contributed by atoms with Gasteiger partial charge >= 0.3 is 0 Å². The highest BCUT2D eigenvalue weighted by Crippen LogP contribution is 2.25. The first-order chi connectivity index (χ1) is 10.1. The molecule has 0 saturated carbocycles. The molecular weight excluding hydrogens is 383 g/mol. The molecular formula is C17H18F2IN. The van der Waals surface area contributed by atoms with Gasteiger partial charge in [0.25, 0.3) is 0 Å². The summed E-state index contributed by atoms with van der Waals surface area (Å²) < 4.78 is 28.9. The lowest BCUT2D eigenvalue weighted by molar-refractivity contribution is 0.489. The minimum atomic E-state index is -0.482. The monoisotopic (exact) mass is 401 g/mol. The second kappa shape index (κ2) is 7.84. The molecule has 0 aliphatic carbocycles. The SMILES string of the molecule is CCCNC(Cc1c(F)cccc1F)c1ccccc1I. The fourth-order valence-corrected chi connectivity index (χ4v) is 3.06. The van der Waals surface area contributed by atoms with Crippen molar-refractivity contribution in [2.24, 2.45) is 0 Å². The zero-order valence-electron chi connectivity index (χ0n) is 11.9. The Kier molecular flexibility index (Phi) is 6.11. The molecule has 0 spiro atoms. The molecule has 112 valence electrons. The molecule has 0 heterocycles. The van der Waals surface area contributed by atoms with E-state index in [2.05, 4.69) is 34.8 Å². The smallest absolute Gasteiger partial charge is 0.129 e. The van der Waals surface area contributed by atoms with E-state index in [1.165, 1.54) is 18.2 Å². The van der Waals surface area contributed by atoms with Gasteiger partial charge in [-0.25, -0.2) is 8.78 Å². The normalized spacial score (nSPS) is 12.4. The van der Waals surface area contributed by atoms with Crippen molar-refractivity contribution in [3.8, 4) is 0 Å². The maximum atomic E-state index is 13.9. The first-order valence-electron chi connectivity index (χ1n) is 7.04. The van der Waals surface area contributed by atoms with E-state index in [0.717, 1.165) is 22.1 Å². The molecule has 2 aromatic rings. The average molecular weight is 401 g/mol. The van der Waals surface area contributed by atoms with E-state index < -0.39 is 11.6 Å². The Bertz CT molecular complexity index is 581. The van der Waals surface area contributed by atoms with Gasteiger partial charge in [0, 0.05) is 15.2 Å². The summed E-state index contributed by atoms with van der Waals surface area (Å²) in [6.45, 7) is 2.88. The molecule has 1 atom stereocenters. The van der Waals surface area contributed by atoms with Crippen LogP contribution in [0, 0.1) is 15.2 Å². The van der Waals surface area contributed by atoms with Crippen molar-refractivity contribution in [1.29, 1.82) is 0 Å². The highest BCUT2D eigenvalue weighted by Gasteiger charge is 2.18. The van der Waals surface area contributed by atoms with Crippen LogP contribution in [-0.2, 0) is 6.42 Å². The van der Waals surface area contributed by atoms with Crippen LogP contribution in [0.25, 0.3) is 0 Å². The Hall–Kier alpha value is -1.01. The van der Waals surface area contributed by atoms with Crippen molar-refractivity contribution in [3.05, 3.63) is 68.8 Å². The van der Waals surface area contributed by atoms with Crippen LogP contribution in [0.1, 0.15) is 30.5 Å². The summed E-state index contributed by atoms with van der Waals surface area (Å²) in [4.78, 5) is 0. The van der Waals surface area contributed by atoms with E-state index in [-0.39, 0.29) is 11.6 Å². The maximum absolute atomic E-state index is 13.9. The molecule has 0 bridgehead atoms. The van der Waals surface area contributed by atoms with Crippen molar-refractivity contribution in [3.63, 3.8) is 0 Å². The minimum absolute atomic E-state index is 0.0931. The third kappa shape index (κ3) is 4.23. The highest BCUT2D eigenvalue weighted by atomic mass is 127. The summed E-state index contributed by atoms with van der Waals surface area (Å²) in [6.07, 6.45) is 1.28. The molecule has 0 saturated heterocycles. The van der Waals surface area contributed by atoms with Gasteiger partial charge in [0.15, 0.2) is 0 Å². The van der Waals surface area contributed by atoms with Gasteiger partial charge in [0.1, 0.15) is 11.6 Å². The molecule has 2 aromatic carbocycles. The van der Waals surface area contributed by atoms with E-state index in [4.69, 9.17) is 0 Å². The van der Waals surface area contributed by atoms with E-state index in [1.54, 1.807) is 0 Å². The third-order valence-corrected chi connectivity index (χ3v) is 4.37. The highest BCUT2D eigenvalue weighted by molar-refractivity contribution is 14.1. The van der Waals surface area contributed by atoms with Crippen LogP contribution in [0.15, 0.2) is 42.5 Å². The Morgan fingerprint density at radius 3 is 2.33 bits per heavy atom. The molecule has 4 heteroatoms. The fraction of sp³-hybridized carbons (Fsp3) is 0.294. The lowest BCUT2D eigenvalue weighted by Gasteiger charge is -2.21. The van der Waals surface area contributed by atoms with Crippen LogP contribution in [0.4, 0.5) is 8.78 Å². The van der Waals surface area contributed by atoms with Crippen molar-refractivity contribution >= 4 is 22.6 Å². The zero-order chi connectivity index (χ0) is 15.2. The van der Waals surface area contributed by atoms with Gasteiger partial charge in [-0.1, -0.05) is 31.2 Å². The zero-order valence-corrected chi connectivity index (χ0v) is 14.0. The molecule has 1 N–H and O–H groups in total. The minimum Gasteiger partial charge on any atom is -0.310 e. The predicted octanol–water partition coefficient (Wildman–Crippen LogP) is 4.85. The lowest BCUT2D eigenvalue weighted by atomic mass is 9.98. The van der Waals surface area contributed by atoms with Crippen LogP contribution in [0.3, 0.4) is 0 Å².